The van der Waals surface area contributed by atoms with Crippen molar-refractivity contribution in [3.63, 3.8) is 0 Å². The zero-order valence-electron chi connectivity index (χ0n) is 14.6. The van der Waals surface area contributed by atoms with Gasteiger partial charge in [0.15, 0.2) is 0 Å². The van der Waals surface area contributed by atoms with Crippen LogP contribution >= 0.6 is 22.7 Å². The van der Waals surface area contributed by atoms with Crippen molar-refractivity contribution < 1.29 is 4.74 Å². The number of methoxy groups -OCH3 is 1. The number of thiazole rings is 1. The summed E-state index contributed by atoms with van der Waals surface area (Å²) in [6.45, 7) is 4.28. The molecule has 0 amide bonds. The SMILES string of the molecule is CCC(CC)=Nn1c(-c2cccs2)csc1=Nc1ccc(OC)cc1. The van der Waals surface area contributed by atoms with E-state index in [0.29, 0.717) is 0 Å². The molecule has 0 atom stereocenters. The lowest BCUT2D eigenvalue weighted by Crippen LogP contribution is -2.13. The Labute approximate surface area is 155 Å². The Hall–Kier alpha value is -2.18. The Morgan fingerprint density at radius 2 is 1.84 bits per heavy atom. The molecule has 3 rings (SSSR count). The van der Waals surface area contributed by atoms with Crippen LogP contribution in [0.25, 0.3) is 10.6 Å². The Morgan fingerprint density at radius 1 is 1.08 bits per heavy atom. The third-order valence-electron chi connectivity index (χ3n) is 3.81. The zero-order chi connectivity index (χ0) is 17.6. The summed E-state index contributed by atoms with van der Waals surface area (Å²) in [5, 5.41) is 9.08. The van der Waals surface area contributed by atoms with Crippen LogP contribution in [-0.4, -0.2) is 17.5 Å². The molecule has 3 aromatic rings. The van der Waals surface area contributed by atoms with Gasteiger partial charge in [0, 0.05) is 11.1 Å². The molecular formula is C19H21N3OS2. The second-order valence-corrected chi connectivity index (χ2v) is 7.16. The summed E-state index contributed by atoms with van der Waals surface area (Å²) in [6.07, 6.45) is 1.87. The van der Waals surface area contributed by atoms with Crippen LogP contribution < -0.4 is 9.54 Å². The fourth-order valence-corrected chi connectivity index (χ4v) is 4.01. The van der Waals surface area contributed by atoms with Gasteiger partial charge in [0.1, 0.15) is 5.75 Å². The van der Waals surface area contributed by atoms with Gasteiger partial charge in [-0.1, -0.05) is 19.9 Å². The molecule has 0 bridgehead atoms. The molecule has 0 saturated heterocycles. The lowest BCUT2D eigenvalue weighted by atomic mass is 10.2. The molecule has 130 valence electrons. The average molecular weight is 372 g/mol. The van der Waals surface area contributed by atoms with Gasteiger partial charge in [0.25, 0.3) is 0 Å². The topological polar surface area (TPSA) is 38.9 Å². The van der Waals surface area contributed by atoms with Gasteiger partial charge in [-0.25, -0.2) is 9.67 Å². The third kappa shape index (κ3) is 4.08. The van der Waals surface area contributed by atoms with E-state index in [1.807, 2.05) is 28.9 Å². The number of thiophene rings is 1. The van der Waals surface area contributed by atoms with Crippen molar-refractivity contribution in [1.82, 2.24) is 4.68 Å². The van der Waals surface area contributed by atoms with Gasteiger partial charge in [-0.15, -0.1) is 22.7 Å². The van der Waals surface area contributed by atoms with Gasteiger partial charge in [-0.05, 0) is 48.6 Å². The normalized spacial score (nSPS) is 11.6. The van der Waals surface area contributed by atoms with Crippen LogP contribution in [0.15, 0.2) is 57.3 Å². The maximum absolute atomic E-state index is 5.21. The molecule has 0 N–H and O–H groups in total. The van der Waals surface area contributed by atoms with Gasteiger partial charge in [0.05, 0.1) is 23.4 Å². The van der Waals surface area contributed by atoms with Gasteiger partial charge in [-0.3, -0.25) is 0 Å². The number of aromatic nitrogens is 1. The second kappa shape index (κ2) is 8.27. The molecule has 0 aliphatic heterocycles. The minimum atomic E-state index is 0.828. The van der Waals surface area contributed by atoms with E-state index in [1.54, 1.807) is 29.8 Å². The zero-order valence-corrected chi connectivity index (χ0v) is 16.2. The molecule has 4 nitrogen and oxygen atoms in total. The molecule has 25 heavy (non-hydrogen) atoms. The van der Waals surface area contributed by atoms with E-state index in [0.717, 1.165) is 40.5 Å². The standard InChI is InChI=1S/C19H21N3OS2/c1-4-14(5-2)21-22-17(18-7-6-12-24-18)13-25-19(22)20-15-8-10-16(23-3)11-9-15/h6-13H,4-5H2,1-3H3. The Bertz CT molecular complexity index is 897. The summed E-state index contributed by atoms with van der Waals surface area (Å²) >= 11 is 3.32. The molecule has 1 aromatic carbocycles. The van der Waals surface area contributed by atoms with Crippen molar-refractivity contribution in [3.05, 3.63) is 52.0 Å². The molecule has 0 unspecified atom stereocenters. The Balaban J connectivity index is 2.12. The van der Waals surface area contributed by atoms with E-state index < -0.39 is 0 Å². The Morgan fingerprint density at radius 3 is 2.44 bits per heavy atom. The Kier molecular flexibility index (Phi) is 5.83. The van der Waals surface area contributed by atoms with Crippen LogP contribution in [0.4, 0.5) is 5.69 Å². The lowest BCUT2D eigenvalue weighted by molar-refractivity contribution is 0.415. The first-order chi connectivity index (χ1) is 12.2. The smallest absolute Gasteiger partial charge is 0.211 e. The van der Waals surface area contributed by atoms with Crippen molar-refractivity contribution in [2.75, 3.05) is 7.11 Å². The average Bonchev–Trinajstić information content (AvgIpc) is 3.30. The van der Waals surface area contributed by atoms with Gasteiger partial charge in [-0.2, -0.15) is 5.10 Å². The fraction of sp³-hybridized carbons (Fsp3) is 0.263. The first kappa shape index (κ1) is 17.6. The summed E-state index contributed by atoms with van der Waals surface area (Å²) in [4.78, 5) is 6.86. The van der Waals surface area contributed by atoms with Crippen LogP contribution in [0.5, 0.6) is 5.75 Å². The molecule has 0 radical (unpaired) electrons. The highest BCUT2D eigenvalue weighted by Gasteiger charge is 2.09. The maximum atomic E-state index is 5.21. The van der Waals surface area contributed by atoms with E-state index in [-0.39, 0.29) is 0 Å². The molecule has 0 aliphatic carbocycles. The molecule has 0 saturated carbocycles. The molecular weight excluding hydrogens is 350 g/mol. The van der Waals surface area contributed by atoms with Crippen molar-refractivity contribution in [3.8, 4) is 16.3 Å². The fourth-order valence-electron chi connectivity index (χ4n) is 2.37. The van der Waals surface area contributed by atoms with Gasteiger partial charge in [0.2, 0.25) is 4.80 Å². The van der Waals surface area contributed by atoms with Crippen molar-refractivity contribution in [2.24, 2.45) is 10.1 Å². The van der Waals surface area contributed by atoms with Gasteiger partial charge >= 0.3 is 0 Å². The molecule has 0 spiro atoms. The van der Waals surface area contributed by atoms with Crippen LogP contribution in [0.3, 0.4) is 0 Å². The van der Waals surface area contributed by atoms with E-state index in [9.17, 15) is 0 Å². The highest BCUT2D eigenvalue weighted by molar-refractivity contribution is 7.14. The predicted molar refractivity (Wildman–Crippen MR) is 107 cm³/mol. The number of benzene rings is 1. The quantitative estimate of drug-likeness (QED) is 0.524. The number of hydrogen-bond donors (Lipinski definition) is 0. The monoisotopic (exact) mass is 371 g/mol. The summed E-state index contributed by atoms with van der Waals surface area (Å²) in [7, 11) is 1.67. The van der Waals surface area contributed by atoms with E-state index in [4.69, 9.17) is 14.8 Å². The van der Waals surface area contributed by atoms with E-state index in [1.165, 1.54) is 4.88 Å². The van der Waals surface area contributed by atoms with E-state index >= 15 is 0 Å². The van der Waals surface area contributed by atoms with Gasteiger partial charge < -0.3 is 4.74 Å². The van der Waals surface area contributed by atoms with Crippen molar-refractivity contribution in [1.29, 1.82) is 0 Å². The molecule has 2 aromatic heterocycles. The predicted octanol–water partition coefficient (Wildman–Crippen LogP) is 5.54. The third-order valence-corrected chi connectivity index (χ3v) is 5.52. The minimum absolute atomic E-state index is 0.828. The van der Waals surface area contributed by atoms with E-state index in [2.05, 4.69) is 36.7 Å². The summed E-state index contributed by atoms with van der Waals surface area (Å²) in [6, 6.07) is 11.9. The highest BCUT2D eigenvalue weighted by atomic mass is 32.1. The lowest BCUT2D eigenvalue weighted by Gasteiger charge is -2.05. The van der Waals surface area contributed by atoms with Crippen molar-refractivity contribution in [2.45, 2.75) is 26.7 Å². The molecule has 0 aliphatic rings. The molecule has 2 heterocycles. The maximum Gasteiger partial charge on any atom is 0.211 e. The van der Waals surface area contributed by atoms with Crippen LogP contribution in [-0.2, 0) is 0 Å². The first-order valence-electron chi connectivity index (χ1n) is 8.25. The summed E-state index contributed by atoms with van der Waals surface area (Å²) in [5.41, 5.74) is 3.14. The van der Waals surface area contributed by atoms with Crippen molar-refractivity contribution >= 4 is 34.1 Å². The number of ether oxygens (including phenoxy) is 1. The summed E-state index contributed by atoms with van der Waals surface area (Å²) in [5.74, 6) is 0.828. The highest BCUT2D eigenvalue weighted by Crippen LogP contribution is 2.26. The minimum Gasteiger partial charge on any atom is -0.497 e. The second-order valence-electron chi connectivity index (χ2n) is 5.38. The summed E-state index contributed by atoms with van der Waals surface area (Å²) < 4.78 is 7.19. The number of nitrogens with zero attached hydrogens (tertiary/aromatic N) is 3. The van der Waals surface area contributed by atoms with Crippen LogP contribution in [0, 0.1) is 0 Å². The largest absolute Gasteiger partial charge is 0.497 e. The van der Waals surface area contributed by atoms with Crippen LogP contribution in [0.2, 0.25) is 0 Å². The molecule has 6 heteroatoms. The number of hydrogen-bond acceptors (Lipinski definition) is 5. The first-order valence-corrected chi connectivity index (χ1v) is 10.0. The molecule has 0 fully saturated rings. The van der Waals surface area contributed by atoms with Crippen LogP contribution in [0.1, 0.15) is 26.7 Å². The number of rotatable bonds is 6.